The van der Waals surface area contributed by atoms with E-state index in [2.05, 4.69) is 53.2 Å². The van der Waals surface area contributed by atoms with Gasteiger partial charge in [-0.1, -0.05) is 6.42 Å². The molecule has 182 valence electrons. The Morgan fingerprint density at radius 3 is 2.23 bits per heavy atom. The van der Waals surface area contributed by atoms with E-state index in [9.17, 15) is 0 Å². The summed E-state index contributed by atoms with van der Waals surface area (Å²) in [6.45, 7) is 18.0. The molecule has 0 spiro atoms. The van der Waals surface area contributed by atoms with Crippen LogP contribution in [0, 0.1) is 0 Å². The van der Waals surface area contributed by atoms with E-state index in [0.29, 0.717) is 0 Å². The maximum atomic E-state index is 5.53. The van der Waals surface area contributed by atoms with Gasteiger partial charge in [-0.2, -0.15) is 0 Å². The van der Waals surface area contributed by atoms with Crippen molar-refractivity contribution in [1.29, 1.82) is 0 Å². The number of piperidine rings is 2. The molecule has 3 saturated heterocycles. The van der Waals surface area contributed by atoms with E-state index in [1.54, 1.807) is 0 Å². The number of nitrogens with one attached hydrogen (secondary N) is 2. The summed E-state index contributed by atoms with van der Waals surface area (Å²) in [6, 6.07) is 0. The highest BCUT2D eigenvalue weighted by Gasteiger charge is 2.39. The molecule has 0 saturated carbocycles. The number of hydrogen-bond donors (Lipinski definition) is 2. The van der Waals surface area contributed by atoms with E-state index in [1.165, 1.54) is 58.3 Å². The summed E-state index contributed by atoms with van der Waals surface area (Å²) in [6.07, 6.45) is 6.57. The first kappa shape index (κ1) is 27.1. The molecule has 0 aromatic heterocycles. The highest BCUT2D eigenvalue weighted by molar-refractivity contribution is 14.0. The highest BCUT2D eigenvalue weighted by atomic mass is 127. The summed E-state index contributed by atoms with van der Waals surface area (Å²) in [4.78, 5) is 12.8. The van der Waals surface area contributed by atoms with Crippen molar-refractivity contribution in [2.24, 2.45) is 4.99 Å². The minimum Gasteiger partial charge on any atom is -0.379 e. The Kier molecular flexibility index (Phi) is 11.3. The molecule has 3 aliphatic heterocycles. The molecule has 8 heteroatoms. The summed E-state index contributed by atoms with van der Waals surface area (Å²) in [5.74, 6) is 0.967. The summed E-state index contributed by atoms with van der Waals surface area (Å²) in [5, 5.41) is 7.25. The van der Waals surface area contributed by atoms with Crippen molar-refractivity contribution in [3.63, 3.8) is 0 Å². The summed E-state index contributed by atoms with van der Waals surface area (Å²) >= 11 is 0. The largest absolute Gasteiger partial charge is 0.379 e. The van der Waals surface area contributed by atoms with Crippen LogP contribution in [-0.4, -0.2) is 111 Å². The lowest BCUT2D eigenvalue weighted by molar-refractivity contribution is -0.00687. The van der Waals surface area contributed by atoms with Gasteiger partial charge in [0.2, 0.25) is 0 Å². The zero-order chi connectivity index (χ0) is 21.5. The van der Waals surface area contributed by atoms with Crippen LogP contribution in [0.15, 0.2) is 4.99 Å². The van der Waals surface area contributed by atoms with Gasteiger partial charge in [-0.3, -0.25) is 14.8 Å². The average molecular weight is 551 g/mol. The quantitative estimate of drug-likeness (QED) is 0.288. The van der Waals surface area contributed by atoms with Crippen molar-refractivity contribution in [3.8, 4) is 0 Å². The summed E-state index contributed by atoms with van der Waals surface area (Å²) in [7, 11) is 2.26. The molecule has 0 amide bonds. The number of guanidine groups is 1. The zero-order valence-electron chi connectivity index (χ0n) is 20.4. The maximum Gasteiger partial charge on any atom is 0.191 e. The third-order valence-electron chi connectivity index (χ3n) is 7.37. The average Bonchev–Trinajstić information content (AvgIpc) is 2.78. The van der Waals surface area contributed by atoms with Crippen LogP contribution in [0.5, 0.6) is 0 Å². The standard InChI is InChI=1S/C23H46N6O.HI/c1-5-24-21(25-19-22(2,3)28-15-17-30-18-16-28)26-20-23(9-13-27(4)14-10-23)29-11-7-6-8-12-29;/h5-20H2,1-4H3,(H2,24,25,26);1H. The Morgan fingerprint density at radius 1 is 0.968 bits per heavy atom. The van der Waals surface area contributed by atoms with Gasteiger partial charge in [0.25, 0.3) is 0 Å². The third-order valence-corrected chi connectivity index (χ3v) is 7.37. The van der Waals surface area contributed by atoms with Crippen LogP contribution in [0.2, 0.25) is 0 Å². The van der Waals surface area contributed by atoms with Gasteiger partial charge < -0.3 is 20.3 Å². The fourth-order valence-corrected chi connectivity index (χ4v) is 5.14. The third kappa shape index (κ3) is 7.69. The Hall–Kier alpha value is -0.160. The number of ether oxygens (including phenoxy) is 1. The SMILES string of the molecule is CCNC(=NCC(C)(C)N1CCOCC1)NCC1(N2CCCCC2)CCN(C)CC1.I. The minimum absolute atomic E-state index is 0. The Morgan fingerprint density at radius 2 is 1.61 bits per heavy atom. The van der Waals surface area contributed by atoms with Crippen molar-refractivity contribution >= 4 is 29.9 Å². The van der Waals surface area contributed by atoms with Gasteiger partial charge in [0.1, 0.15) is 0 Å². The second kappa shape index (κ2) is 12.9. The van der Waals surface area contributed by atoms with Gasteiger partial charge in [0.05, 0.1) is 19.8 Å². The number of nitrogens with zero attached hydrogens (tertiary/aromatic N) is 4. The fraction of sp³-hybridized carbons (Fsp3) is 0.957. The van der Waals surface area contributed by atoms with Gasteiger partial charge in [0.15, 0.2) is 5.96 Å². The second-order valence-electron chi connectivity index (χ2n) is 10.0. The van der Waals surface area contributed by atoms with Gasteiger partial charge in [-0.25, -0.2) is 0 Å². The molecule has 3 aliphatic rings. The second-order valence-corrected chi connectivity index (χ2v) is 10.0. The Labute approximate surface area is 207 Å². The summed E-state index contributed by atoms with van der Waals surface area (Å²) < 4.78 is 5.53. The Balaban J connectivity index is 0.00000341. The molecule has 0 aliphatic carbocycles. The predicted octanol–water partition coefficient (Wildman–Crippen LogP) is 2.22. The van der Waals surface area contributed by atoms with Gasteiger partial charge in [0, 0.05) is 37.3 Å². The topological polar surface area (TPSA) is 55.4 Å². The molecule has 0 unspecified atom stereocenters. The molecular formula is C23H47IN6O. The molecule has 3 fully saturated rings. The minimum atomic E-state index is 0. The van der Waals surface area contributed by atoms with E-state index in [1.807, 2.05) is 0 Å². The first-order chi connectivity index (χ1) is 14.5. The van der Waals surface area contributed by atoms with Crippen molar-refractivity contribution in [2.45, 2.75) is 64.0 Å². The monoisotopic (exact) mass is 550 g/mol. The first-order valence-corrected chi connectivity index (χ1v) is 12.2. The number of likely N-dealkylation sites (tertiary alicyclic amines) is 2. The van der Waals surface area contributed by atoms with Gasteiger partial charge in [-0.05, 0) is 79.7 Å². The van der Waals surface area contributed by atoms with Crippen LogP contribution in [0.3, 0.4) is 0 Å². The molecule has 0 atom stereocenters. The van der Waals surface area contributed by atoms with Crippen LogP contribution < -0.4 is 10.6 Å². The zero-order valence-corrected chi connectivity index (χ0v) is 22.7. The van der Waals surface area contributed by atoms with Gasteiger partial charge >= 0.3 is 0 Å². The van der Waals surface area contributed by atoms with E-state index < -0.39 is 0 Å². The fourth-order valence-electron chi connectivity index (χ4n) is 5.14. The molecule has 3 rings (SSSR count). The van der Waals surface area contributed by atoms with E-state index in [4.69, 9.17) is 9.73 Å². The maximum absolute atomic E-state index is 5.53. The number of hydrogen-bond acceptors (Lipinski definition) is 5. The van der Waals surface area contributed by atoms with Crippen molar-refractivity contribution < 1.29 is 4.74 Å². The van der Waals surface area contributed by atoms with E-state index >= 15 is 0 Å². The molecule has 0 radical (unpaired) electrons. The molecule has 0 aromatic carbocycles. The van der Waals surface area contributed by atoms with Crippen molar-refractivity contribution in [2.75, 3.05) is 79.2 Å². The van der Waals surface area contributed by atoms with Crippen molar-refractivity contribution in [1.82, 2.24) is 25.3 Å². The lowest BCUT2D eigenvalue weighted by atomic mass is 9.84. The molecule has 0 bridgehead atoms. The smallest absolute Gasteiger partial charge is 0.191 e. The molecule has 3 heterocycles. The van der Waals surface area contributed by atoms with Crippen LogP contribution in [0.25, 0.3) is 0 Å². The number of morpholine rings is 1. The van der Waals surface area contributed by atoms with Crippen molar-refractivity contribution in [3.05, 3.63) is 0 Å². The van der Waals surface area contributed by atoms with Crippen LogP contribution in [-0.2, 0) is 4.74 Å². The van der Waals surface area contributed by atoms with E-state index in [0.717, 1.165) is 51.9 Å². The number of aliphatic imine (C=N–C) groups is 1. The molecule has 31 heavy (non-hydrogen) atoms. The molecule has 7 nitrogen and oxygen atoms in total. The van der Waals surface area contributed by atoms with E-state index in [-0.39, 0.29) is 35.1 Å². The molecular weight excluding hydrogens is 503 g/mol. The number of halogens is 1. The lowest BCUT2D eigenvalue weighted by Gasteiger charge is -2.50. The van der Waals surface area contributed by atoms with Crippen LogP contribution in [0.1, 0.15) is 52.9 Å². The first-order valence-electron chi connectivity index (χ1n) is 12.2. The molecule has 0 aromatic rings. The van der Waals surface area contributed by atoms with Gasteiger partial charge in [-0.15, -0.1) is 24.0 Å². The molecule has 2 N–H and O–H groups in total. The predicted molar refractivity (Wildman–Crippen MR) is 141 cm³/mol. The Bertz CT molecular complexity index is 538. The lowest BCUT2D eigenvalue weighted by Crippen LogP contribution is -2.62. The van der Waals surface area contributed by atoms with Crippen LogP contribution in [0.4, 0.5) is 0 Å². The summed E-state index contributed by atoms with van der Waals surface area (Å²) in [5.41, 5.74) is 0.313. The number of rotatable bonds is 7. The normalized spacial score (nSPS) is 24.5. The highest BCUT2D eigenvalue weighted by Crippen LogP contribution is 2.30. The van der Waals surface area contributed by atoms with Crippen LogP contribution >= 0.6 is 24.0 Å².